The van der Waals surface area contributed by atoms with Gasteiger partial charge in [-0.05, 0) is 31.2 Å². The third-order valence-electron chi connectivity index (χ3n) is 3.77. The van der Waals surface area contributed by atoms with E-state index >= 15 is 0 Å². The number of carbonyl (C=O) groups is 1. The van der Waals surface area contributed by atoms with E-state index in [9.17, 15) is 9.18 Å². The summed E-state index contributed by atoms with van der Waals surface area (Å²) >= 11 is 11.8. The lowest BCUT2D eigenvalue weighted by Crippen LogP contribution is -2.42. The second kappa shape index (κ2) is 8.52. The molecule has 2 aromatic carbocycles. The van der Waals surface area contributed by atoms with Gasteiger partial charge in [0.2, 0.25) is 0 Å². The molecule has 0 radical (unpaired) electrons. The van der Waals surface area contributed by atoms with Crippen LogP contribution < -0.4 is 10.1 Å². The normalized spacial score (nSPS) is 13.2. The van der Waals surface area contributed by atoms with E-state index in [2.05, 4.69) is 5.32 Å². The van der Waals surface area contributed by atoms with E-state index in [-0.39, 0.29) is 19.1 Å². The van der Waals surface area contributed by atoms with Crippen molar-refractivity contribution in [2.24, 2.45) is 0 Å². The molecule has 0 saturated carbocycles. The van der Waals surface area contributed by atoms with E-state index in [1.54, 1.807) is 37.3 Å². The first-order valence-electron chi connectivity index (χ1n) is 7.50. The number of carbonyl (C=O) groups excluding carboxylic acids is 1. The van der Waals surface area contributed by atoms with Crippen molar-refractivity contribution in [3.05, 3.63) is 63.9 Å². The van der Waals surface area contributed by atoms with Gasteiger partial charge in [0.25, 0.3) is 5.91 Å². The molecule has 0 saturated heterocycles. The molecule has 134 valence electrons. The van der Waals surface area contributed by atoms with E-state index in [0.29, 0.717) is 21.4 Å². The van der Waals surface area contributed by atoms with Crippen LogP contribution in [0.4, 0.5) is 4.39 Å². The van der Waals surface area contributed by atoms with Crippen molar-refractivity contribution in [1.82, 2.24) is 5.32 Å². The fraction of sp³-hybridized carbons (Fsp3) is 0.278. The lowest BCUT2D eigenvalue weighted by atomic mass is 9.95. The largest absolute Gasteiger partial charge is 0.482 e. The summed E-state index contributed by atoms with van der Waals surface area (Å²) in [4.78, 5) is 12.0. The molecular formula is C18H18Cl2FNO3. The van der Waals surface area contributed by atoms with Gasteiger partial charge in [-0.15, -0.1) is 0 Å². The molecule has 0 fully saturated rings. The Balaban J connectivity index is 1.95. The maximum Gasteiger partial charge on any atom is 0.258 e. The Labute approximate surface area is 155 Å². The molecule has 0 spiro atoms. The van der Waals surface area contributed by atoms with Crippen molar-refractivity contribution in [2.45, 2.75) is 12.5 Å². The zero-order chi connectivity index (χ0) is 18.4. The second-order valence-corrected chi connectivity index (χ2v) is 6.40. The van der Waals surface area contributed by atoms with Gasteiger partial charge in [0.1, 0.15) is 17.2 Å². The standard InChI is InChI=1S/C18H18Cl2FNO3/c1-18(24-2,13-5-3-4-6-15(13)21)11-22-17(23)10-25-16-8-7-12(19)9-14(16)20/h3-9H,10-11H2,1-2H3,(H,22,23). The SMILES string of the molecule is COC(C)(CNC(=O)COc1ccc(Cl)cc1Cl)c1ccccc1F. The topological polar surface area (TPSA) is 47.6 Å². The predicted octanol–water partition coefficient (Wildman–Crippen LogP) is 4.19. The van der Waals surface area contributed by atoms with Gasteiger partial charge < -0.3 is 14.8 Å². The monoisotopic (exact) mass is 385 g/mol. The molecule has 0 aromatic heterocycles. The Bertz CT molecular complexity index is 757. The van der Waals surface area contributed by atoms with Crippen molar-refractivity contribution in [3.63, 3.8) is 0 Å². The van der Waals surface area contributed by atoms with Crippen molar-refractivity contribution >= 4 is 29.1 Å². The molecule has 0 aliphatic heterocycles. The minimum absolute atomic E-state index is 0.0843. The van der Waals surface area contributed by atoms with E-state index in [0.717, 1.165) is 0 Å². The van der Waals surface area contributed by atoms with E-state index in [1.165, 1.54) is 19.2 Å². The zero-order valence-corrected chi connectivity index (χ0v) is 15.3. The van der Waals surface area contributed by atoms with Crippen LogP contribution in [0, 0.1) is 5.82 Å². The fourth-order valence-corrected chi connectivity index (χ4v) is 2.68. The first-order chi connectivity index (χ1) is 11.9. The maximum atomic E-state index is 14.0. The second-order valence-electron chi connectivity index (χ2n) is 5.55. The summed E-state index contributed by atoms with van der Waals surface area (Å²) in [5.74, 6) is -0.430. The number of hydrogen-bond acceptors (Lipinski definition) is 3. The Hall–Kier alpha value is -1.82. The lowest BCUT2D eigenvalue weighted by molar-refractivity contribution is -0.124. The molecule has 0 aliphatic rings. The molecule has 4 nitrogen and oxygen atoms in total. The summed E-state index contributed by atoms with van der Waals surface area (Å²) in [5.41, 5.74) is -0.640. The van der Waals surface area contributed by atoms with Crippen LogP contribution in [-0.4, -0.2) is 26.2 Å². The molecule has 1 N–H and O–H groups in total. The number of nitrogens with one attached hydrogen (secondary N) is 1. The van der Waals surface area contributed by atoms with E-state index in [4.69, 9.17) is 32.7 Å². The van der Waals surface area contributed by atoms with Gasteiger partial charge in [-0.2, -0.15) is 0 Å². The molecule has 1 atom stereocenters. The van der Waals surface area contributed by atoms with Gasteiger partial charge in [0.05, 0.1) is 11.6 Å². The molecule has 2 rings (SSSR count). The van der Waals surface area contributed by atoms with Gasteiger partial charge in [-0.25, -0.2) is 4.39 Å². The number of halogens is 3. The maximum absolute atomic E-state index is 14.0. The summed E-state index contributed by atoms with van der Waals surface area (Å²) in [7, 11) is 1.46. The van der Waals surface area contributed by atoms with Crippen LogP contribution in [0.25, 0.3) is 0 Å². The van der Waals surface area contributed by atoms with Crippen LogP contribution in [0.5, 0.6) is 5.75 Å². The van der Waals surface area contributed by atoms with E-state index < -0.39 is 11.4 Å². The predicted molar refractivity (Wildman–Crippen MR) is 95.7 cm³/mol. The summed E-state index contributed by atoms with van der Waals surface area (Å²) < 4.78 is 24.8. The molecule has 0 heterocycles. The highest BCUT2D eigenvalue weighted by molar-refractivity contribution is 6.35. The highest BCUT2D eigenvalue weighted by Gasteiger charge is 2.29. The number of methoxy groups -OCH3 is 1. The molecule has 0 bridgehead atoms. The summed E-state index contributed by atoms with van der Waals surface area (Å²) in [6, 6.07) is 11.0. The minimum atomic E-state index is -1.00. The third-order valence-corrected chi connectivity index (χ3v) is 4.30. The fourth-order valence-electron chi connectivity index (χ4n) is 2.22. The van der Waals surface area contributed by atoms with Crippen LogP contribution in [0.1, 0.15) is 12.5 Å². The molecule has 7 heteroatoms. The van der Waals surface area contributed by atoms with Crippen LogP contribution in [0.2, 0.25) is 10.0 Å². The minimum Gasteiger partial charge on any atom is -0.482 e. The highest BCUT2D eigenvalue weighted by Crippen LogP contribution is 2.28. The number of amides is 1. The van der Waals surface area contributed by atoms with Crippen LogP contribution in [0.15, 0.2) is 42.5 Å². The number of benzene rings is 2. The first kappa shape index (κ1) is 19.5. The van der Waals surface area contributed by atoms with Crippen LogP contribution in [0.3, 0.4) is 0 Å². The summed E-state index contributed by atoms with van der Waals surface area (Å²) in [6.07, 6.45) is 0. The molecule has 25 heavy (non-hydrogen) atoms. The number of ether oxygens (including phenoxy) is 2. The van der Waals surface area contributed by atoms with Crippen molar-refractivity contribution in [1.29, 1.82) is 0 Å². The van der Waals surface area contributed by atoms with Gasteiger partial charge in [-0.1, -0.05) is 41.4 Å². The van der Waals surface area contributed by atoms with Crippen LogP contribution >= 0.6 is 23.2 Å². The average molecular weight is 386 g/mol. The molecular weight excluding hydrogens is 368 g/mol. The first-order valence-corrected chi connectivity index (χ1v) is 8.26. The average Bonchev–Trinajstić information content (AvgIpc) is 2.59. The Morgan fingerprint density at radius 3 is 2.60 bits per heavy atom. The lowest BCUT2D eigenvalue weighted by Gasteiger charge is -2.29. The Morgan fingerprint density at radius 1 is 1.24 bits per heavy atom. The van der Waals surface area contributed by atoms with Gasteiger partial charge >= 0.3 is 0 Å². The van der Waals surface area contributed by atoms with Crippen molar-refractivity contribution < 1.29 is 18.7 Å². The van der Waals surface area contributed by atoms with Crippen molar-refractivity contribution in [2.75, 3.05) is 20.3 Å². The Morgan fingerprint density at radius 2 is 1.96 bits per heavy atom. The Kier molecular flexibility index (Phi) is 6.64. The van der Waals surface area contributed by atoms with Gasteiger partial charge in [0.15, 0.2) is 6.61 Å². The molecule has 2 aromatic rings. The quantitative estimate of drug-likeness (QED) is 0.777. The third kappa shape index (κ3) is 5.08. The van der Waals surface area contributed by atoms with Crippen LogP contribution in [-0.2, 0) is 15.1 Å². The number of hydrogen-bond donors (Lipinski definition) is 1. The van der Waals surface area contributed by atoms with Gasteiger partial charge in [-0.3, -0.25) is 4.79 Å². The van der Waals surface area contributed by atoms with E-state index in [1.807, 2.05) is 0 Å². The molecule has 1 unspecified atom stereocenters. The molecule has 1 amide bonds. The smallest absolute Gasteiger partial charge is 0.258 e. The summed E-state index contributed by atoms with van der Waals surface area (Å²) in [5, 5.41) is 3.46. The van der Waals surface area contributed by atoms with Crippen molar-refractivity contribution in [3.8, 4) is 5.75 Å². The highest BCUT2D eigenvalue weighted by atomic mass is 35.5. The van der Waals surface area contributed by atoms with Gasteiger partial charge in [0, 0.05) is 17.7 Å². The number of rotatable bonds is 7. The summed E-state index contributed by atoms with van der Waals surface area (Å²) in [6.45, 7) is 1.54. The molecule has 0 aliphatic carbocycles. The zero-order valence-electron chi connectivity index (χ0n) is 13.8.